The van der Waals surface area contributed by atoms with Crippen molar-refractivity contribution in [2.45, 2.75) is 38.5 Å². The SMILES string of the molecule is CS(=O)(=O)OC(=O)CCCCCCC(=O)OS(C)(=O)=O. The molecule has 0 saturated heterocycles. The molecule has 0 aliphatic carbocycles. The van der Waals surface area contributed by atoms with E-state index in [0.29, 0.717) is 25.7 Å². The van der Waals surface area contributed by atoms with Gasteiger partial charge < -0.3 is 8.37 Å². The molecule has 0 amide bonds. The summed E-state index contributed by atoms with van der Waals surface area (Å²) >= 11 is 0. The number of hydrogen-bond donors (Lipinski definition) is 0. The first-order valence-electron chi connectivity index (χ1n) is 5.84. The smallest absolute Gasteiger partial charge is 0.322 e. The average Bonchev–Trinajstić information content (AvgIpc) is 2.17. The number of unbranched alkanes of at least 4 members (excludes halogenated alkanes) is 3. The van der Waals surface area contributed by atoms with Gasteiger partial charge in [-0.3, -0.25) is 9.59 Å². The fourth-order valence-electron chi connectivity index (χ4n) is 1.31. The van der Waals surface area contributed by atoms with E-state index in [9.17, 15) is 26.4 Å². The van der Waals surface area contributed by atoms with Crippen molar-refractivity contribution in [3.8, 4) is 0 Å². The van der Waals surface area contributed by atoms with Crippen LogP contribution in [0.5, 0.6) is 0 Å². The van der Waals surface area contributed by atoms with Gasteiger partial charge in [0.25, 0.3) is 0 Å². The average molecular weight is 330 g/mol. The molecule has 0 N–H and O–H groups in total. The van der Waals surface area contributed by atoms with Crippen molar-refractivity contribution in [3.05, 3.63) is 0 Å². The van der Waals surface area contributed by atoms with Crippen molar-refractivity contribution in [2.75, 3.05) is 12.5 Å². The summed E-state index contributed by atoms with van der Waals surface area (Å²) in [4.78, 5) is 22.0. The van der Waals surface area contributed by atoms with E-state index < -0.39 is 32.2 Å². The second-order valence-electron chi connectivity index (χ2n) is 4.23. The molecule has 0 saturated carbocycles. The predicted octanol–water partition coefficient (Wildman–Crippen LogP) is 0.333. The van der Waals surface area contributed by atoms with Crippen molar-refractivity contribution < 1.29 is 34.8 Å². The first-order valence-corrected chi connectivity index (χ1v) is 9.47. The monoisotopic (exact) mass is 330 g/mol. The Balaban J connectivity index is 3.64. The minimum absolute atomic E-state index is 0.0269. The van der Waals surface area contributed by atoms with Crippen LogP contribution in [0.4, 0.5) is 0 Å². The lowest BCUT2D eigenvalue weighted by atomic mass is 10.1. The van der Waals surface area contributed by atoms with E-state index in [2.05, 4.69) is 8.37 Å². The Bertz CT molecular complexity index is 482. The lowest BCUT2D eigenvalue weighted by Crippen LogP contribution is -2.11. The molecule has 10 heteroatoms. The van der Waals surface area contributed by atoms with Crippen LogP contribution in [0.3, 0.4) is 0 Å². The molecule has 0 aromatic heterocycles. The standard InChI is InChI=1S/C10H18O8S2/c1-19(13,14)17-9(11)7-5-3-4-6-8-10(12)18-20(2,15)16/h3-8H2,1-2H3. The highest BCUT2D eigenvalue weighted by Crippen LogP contribution is 2.08. The number of hydrogen-bond acceptors (Lipinski definition) is 8. The van der Waals surface area contributed by atoms with Crippen LogP contribution in [0.15, 0.2) is 0 Å². The van der Waals surface area contributed by atoms with Gasteiger partial charge in [0.1, 0.15) is 0 Å². The molecule has 0 fully saturated rings. The van der Waals surface area contributed by atoms with Crippen LogP contribution >= 0.6 is 0 Å². The highest BCUT2D eigenvalue weighted by atomic mass is 32.2. The number of carbonyl (C=O) groups excluding carboxylic acids is 2. The molecule has 0 bridgehead atoms. The zero-order chi connectivity index (χ0) is 15.8. The molecule has 0 aliphatic heterocycles. The van der Waals surface area contributed by atoms with Crippen molar-refractivity contribution in [1.29, 1.82) is 0 Å². The second-order valence-corrected chi connectivity index (χ2v) is 7.38. The van der Waals surface area contributed by atoms with E-state index in [1.165, 1.54) is 0 Å². The molecule has 0 heterocycles. The van der Waals surface area contributed by atoms with Gasteiger partial charge in [-0.2, -0.15) is 16.8 Å². The number of carbonyl (C=O) groups is 2. The third-order valence-electron chi connectivity index (χ3n) is 2.00. The maximum absolute atomic E-state index is 11.0. The second kappa shape index (κ2) is 8.20. The van der Waals surface area contributed by atoms with Crippen LogP contribution in [0.2, 0.25) is 0 Å². The van der Waals surface area contributed by atoms with Crippen molar-refractivity contribution in [1.82, 2.24) is 0 Å². The van der Waals surface area contributed by atoms with E-state index in [-0.39, 0.29) is 12.8 Å². The summed E-state index contributed by atoms with van der Waals surface area (Å²) in [6.45, 7) is 0. The van der Waals surface area contributed by atoms with Gasteiger partial charge in [0.2, 0.25) is 0 Å². The Morgan fingerprint density at radius 2 is 1.00 bits per heavy atom. The number of rotatable bonds is 9. The third-order valence-corrected chi connectivity index (χ3v) is 2.98. The van der Waals surface area contributed by atoms with Crippen LogP contribution in [0.25, 0.3) is 0 Å². The van der Waals surface area contributed by atoms with E-state index in [1.54, 1.807) is 0 Å². The summed E-state index contributed by atoms with van der Waals surface area (Å²) in [6.07, 6.45) is 3.55. The van der Waals surface area contributed by atoms with Crippen LogP contribution in [-0.4, -0.2) is 41.3 Å². The van der Waals surface area contributed by atoms with E-state index in [1.807, 2.05) is 0 Å². The maximum atomic E-state index is 11.0. The Morgan fingerprint density at radius 3 is 1.25 bits per heavy atom. The van der Waals surface area contributed by atoms with Crippen molar-refractivity contribution in [3.63, 3.8) is 0 Å². The van der Waals surface area contributed by atoms with E-state index in [0.717, 1.165) is 12.5 Å². The Morgan fingerprint density at radius 1 is 0.700 bits per heavy atom. The van der Waals surface area contributed by atoms with Gasteiger partial charge in [0.15, 0.2) is 0 Å². The van der Waals surface area contributed by atoms with Crippen LogP contribution < -0.4 is 0 Å². The summed E-state index contributed by atoms with van der Waals surface area (Å²) in [5, 5.41) is 0. The van der Waals surface area contributed by atoms with Crippen molar-refractivity contribution >= 4 is 32.2 Å². The Labute approximate surface area is 118 Å². The van der Waals surface area contributed by atoms with Gasteiger partial charge in [-0.1, -0.05) is 12.8 Å². The van der Waals surface area contributed by atoms with Gasteiger partial charge >= 0.3 is 32.2 Å². The van der Waals surface area contributed by atoms with Crippen LogP contribution in [-0.2, 0) is 38.2 Å². The van der Waals surface area contributed by atoms with Gasteiger partial charge in [-0.15, -0.1) is 0 Å². The normalized spacial score (nSPS) is 11.9. The fraction of sp³-hybridized carbons (Fsp3) is 0.800. The molecular weight excluding hydrogens is 312 g/mol. The summed E-state index contributed by atoms with van der Waals surface area (Å²) in [7, 11) is -7.53. The van der Waals surface area contributed by atoms with Gasteiger partial charge in [-0.25, -0.2) is 0 Å². The summed E-state index contributed by atoms with van der Waals surface area (Å²) in [5.41, 5.74) is 0. The topological polar surface area (TPSA) is 121 Å². The zero-order valence-electron chi connectivity index (χ0n) is 11.3. The molecule has 118 valence electrons. The molecule has 8 nitrogen and oxygen atoms in total. The predicted molar refractivity (Wildman–Crippen MR) is 69.6 cm³/mol. The van der Waals surface area contributed by atoms with E-state index >= 15 is 0 Å². The molecule has 0 atom stereocenters. The van der Waals surface area contributed by atoms with Gasteiger partial charge in [0, 0.05) is 12.8 Å². The highest BCUT2D eigenvalue weighted by Gasteiger charge is 2.11. The van der Waals surface area contributed by atoms with Crippen LogP contribution in [0.1, 0.15) is 38.5 Å². The molecule has 20 heavy (non-hydrogen) atoms. The minimum Gasteiger partial charge on any atom is -0.346 e. The molecular formula is C10H18O8S2. The molecule has 0 aliphatic rings. The van der Waals surface area contributed by atoms with E-state index in [4.69, 9.17) is 0 Å². The molecule has 0 radical (unpaired) electrons. The summed E-state index contributed by atoms with van der Waals surface area (Å²) in [6, 6.07) is 0. The first-order chi connectivity index (χ1) is 8.99. The highest BCUT2D eigenvalue weighted by molar-refractivity contribution is 7.86. The minimum atomic E-state index is -3.77. The maximum Gasteiger partial charge on any atom is 0.322 e. The molecule has 0 rings (SSSR count). The van der Waals surface area contributed by atoms with Crippen LogP contribution in [0, 0.1) is 0 Å². The fourth-order valence-corrected chi connectivity index (χ4v) is 2.16. The lowest BCUT2D eigenvalue weighted by Gasteiger charge is -2.02. The third kappa shape index (κ3) is 13.3. The Kier molecular flexibility index (Phi) is 7.72. The summed E-state index contributed by atoms with van der Waals surface area (Å²) in [5.74, 6) is -1.63. The first kappa shape index (κ1) is 18.8. The molecule has 0 spiro atoms. The van der Waals surface area contributed by atoms with Crippen molar-refractivity contribution in [2.24, 2.45) is 0 Å². The van der Waals surface area contributed by atoms with Gasteiger partial charge in [0.05, 0.1) is 12.5 Å². The quantitative estimate of drug-likeness (QED) is 0.438. The van der Waals surface area contributed by atoms with Gasteiger partial charge in [-0.05, 0) is 12.8 Å². The molecule has 0 unspecified atom stereocenters. The summed E-state index contributed by atoms with van der Waals surface area (Å²) < 4.78 is 50.7. The molecule has 0 aromatic rings. The molecule has 0 aromatic carbocycles. The lowest BCUT2D eigenvalue weighted by molar-refractivity contribution is -0.135. The zero-order valence-corrected chi connectivity index (χ0v) is 13.0. The largest absolute Gasteiger partial charge is 0.346 e. The Hall–Kier alpha value is -1.16.